The standard InChI is InChI=1S/C20H30N2O3/c1-25-18-6-4-5-17(13-18)20(9-2-3-10-20)15-21-19(24)22-11-7-16(14-22)8-12-23/h4-6,13,16,23H,2-3,7-12,14-15H2,1H3,(H,21,24). The molecule has 1 aliphatic carbocycles. The first-order valence-corrected chi connectivity index (χ1v) is 9.45. The lowest BCUT2D eigenvalue weighted by atomic mass is 9.78. The Balaban J connectivity index is 1.63. The monoisotopic (exact) mass is 346 g/mol. The zero-order valence-corrected chi connectivity index (χ0v) is 15.2. The lowest BCUT2D eigenvalue weighted by molar-refractivity contribution is 0.201. The fourth-order valence-corrected chi connectivity index (χ4v) is 4.36. The van der Waals surface area contributed by atoms with Crippen molar-refractivity contribution in [2.75, 3.05) is 33.4 Å². The van der Waals surface area contributed by atoms with Crippen LogP contribution in [0.1, 0.15) is 44.1 Å². The molecule has 1 aliphatic heterocycles. The van der Waals surface area contributed by atoms with Gasteiger partial charge in [-0.1, -0.05) is 25.0 Å². The molecular weight excluding hydrogens is 316 g/mol. The van der Waals surface area contributed by atoms with E-state index in [4.69, 9.17) is 9.84 Å². The number of urea groups is 1. The van der Waals surface area contributed by atoms with Gasteiger partial charge in [-0.3, -0.25) is 0 Å². The molecule has 5 heteroatoms. The van der Waals surface area contributed by atoms with E-state index in [0.717, 1.165) is 44.5 Å². The number of likely N-dealkylation sites (tertiary alicyclic amines) is 1. The van der Waals surface area contributed by atoms with Crippen LogP contribution < -0.4 is 10.1 Å². The molecule has 0 spiro atoms. The first-order chi connectivity index (χ1) is 12.2. The molecule has 2 N–H and O–H groups in total. The van der Waals surface area contributed by atoms with Crippen molar-refractivity contribution < 1.29 is 14.6 Å². The number of carbonyl (C=O) groups excluding carboxylic acids is 1. The Kier molecular flexibility index (Phi) is 5.84. The van der Waals surface area contributed by atoms with E-state index in [1.807, 2.05) is 17.0 Å². The van der Waals surface area contributed by atoms with E-state index < -0.39 is 0 Å². The molecule has 1 heterocycles. The largest absolute Gasteiger partial charge is 0.497 e. The summed E-state index contributed by atoms with van der Waals surface area (Å²) in [6.45, 7) is 2.44. The third-order valence-electron chi connectivity index (χ3n) is 5.93. The van der Waals surface area contributed by atoms with Crippen molar-refractivity contribution in [2.24, 2.45) is 5.92 Å². The van der Waals surface area contributed by atoms with Gasteiger partial charge < -0.3 is 20.1 Å². The van der Waals surface area contributed by atoms with E-state index in [2.05, 4.69) is 17.4 Å². The highest BCUT2D eigenvalue weighted by atomic mass is 16.5. The van der Waals surface area contributed by atoms with Crippen molar-refractivity contribution in [2.45, 2.75) is 43.9 Å². The van der Waals surface area contributed by atoms with Crippen LogP contribution in [0, 0.1) is 5.92 Å². The van der Waals surface area contributed by atoms with E-state index in [-0.39, 0.29) is 18.1 Å². The molecule has 2 aliphatic rings. The number of carbonyl (C=O) groups is 1. The Hall–Kier alpha value is -1.75. The Labute approximate surface area is 150 Å². The van der Waals surface area contributed by atoms with Crippen molar-refractivity contribution >= 4 is 6.03 Å². The van der Waals surface area contributed by atoms with Crippen LogP contribution in [0.15, 0.2) is 24.3 Å². The van der Waals surface area contributed by atoms with Crippen LogP contribution in [-0.4, -0.2) is 49.4 Å². The van der Waals surface area contributed by atoms with Crippen LogP contribution >= 0.6 is 0 Å². The minimum absolute atomic E-state index is 0.0222. The number of nitrogens with zero attached hydrogens (tertiary/aromatic N) is 1. The molecule has 1 aromatic rings. The van der Waals surface area contributed by atoms with Gasteiger partial charge in [0, 0.05) is 31.7 Å². The maximum absolute atomic E-state index is 12.6. The SMILES string of the molecule is COc1cccc(C2(CNC(=O)N3CCC(CCO)C3)CCCC2)c1. The number of aliphatic hydroxyl groups is 1. The molecule has 2 amide bonds. The second-order valence-electron chi connectivity index (χ2n) is 7.49. The molecule has 0 aromatic heterocycles. The van der Waals surface area contributed by atoms with Crippen LogP contribution in [-0.2, 0) is 5.41 Å². The average Bonchev–Trinajstić information content (AvgIpc) is 3.30. The smallest absolute Gasteiger partial charge is 0.317 e. The number of benzene rings is 1. The molecule has 1 saturated carbocycles. The molecule has 25 heavy (non-hydrogen) atoms. The van der Waals surface area contributed by atoms with Crippen molar-refractivity contribution in [3.8, 4) is 5.75 Å². The summed E-state index contributed by atoms with van der Waals surface area (Å²) in [7, 11) is 1.69. The average molecular weight is 346 g/mol. The highest BCUT2D eigenvalue weighted by molar-refractivity contribution is 5.74. The van der Waals surface area contributed by atoms with Gasteiger partial charge in [-0.15, -0.1) is 0 Å². The third kappa shape index (κ3) is 4.09. The quantitative estimate of drug-likeness (QED) is 0.832. The molecule has 1 saturated heterocycles. The number of hydrogen-bond acceptors (Lipinski definition) is 3. The van der Waals surface area contributed by atoms with E-state index in [0.29, 0.717) is 12.5 Å². The van der Waals surface area contributed by atoms with Gasteiger partial charge in [0.1, 0.15) is 5.75 Å². The van der Waals surface area contributed by atoms with Crippen molar-refractivity contribution in [3.63, 3.8) is 0 Å². The van der Waals surface area contributed by atoms with Gasteiger partial charge in [0.2, 0.25) is 0 Å². The van der Waals surface area contributed by atoms with Gasteiger partial charge in [0.25, 0.3) is 0 Å². The Morgan fingerprint density at radius 2 is 2.20 bits per heavy atom. The normalized spacial score (nSPS) is 22.2. The van der Waals surface area contributed by atoms with E-state index in [1.54, 1.807) is 7.11 Å². The molecule has 1 unspecified atom stereocenters. The number of methoxy groups -OCH3 is 1. The molecule has 2 fully saturated rings. The second kappa shape index (κ2) is 8.09. The first-order valence-electron chi connectivity index (χ1n) is 9.45. The van der Waals surface area contributed by atoms with E-state index >= 15 is 0 Å². The fourth-order valence-electron chi connectivity index (χ4n) is 4.36. The van der Waals surface area contributed by atoms with Crippen molar-refractivity contribution in [3.05, 3.63) is 29.8 Å². The summed E-state index contributed by atoms with van der Waals surface area (Å²) in [5.41, 5.74) is 1.29. The van der Waals surface area contributed by atoms with Gasteiger partial charge in [0.05, 0.1) is 7.11 Å². The van der Waals surface area contributed by atoms with Crippen LogP contribution in [0.5, 0.6) is 5.75 Å². The lowest BCUT2D eigenvalue weighted by Gasteiger charge is -2.31. The summed E-state index contributed by atoms with van der Waals surface area (Å²) < 4.78 is 5.39. The number of hydrogen-bond donors (Lipinski definition) is 2. The summed E-state index contributed by atoms with van der Waals surface area (Å²) in [4.78, 5) is 14.5. The van der Waals surface area contributed by atoms with Crippen molar-refractivity contribution in [1.82, 2.24) is 10.2 Å². The number of nitrogens with one attached hydrogen (secondary N) is 1. The fraction of sp³-hybridized carbons (Fsp3) is 0.650. The van der Waals surface area contributed by atoms with E-state index in [9.17, 15) is 4.79 Å². The van der Waals surface area contributed by atoms with Crippen LogP contribution in [0.2, 0.25) is 0 Å². The minimum atomic E-state index is 0.0222. The van der Waals surface area contributed by atoms with Gasteiger partial charge in [-0.05, 0) is 49.3 Å². The summed E-state index contributed by atoms with van der Waals surface area (Å²) >= 11 is 0. The Morgan fingerprint density at radius 1 is 1.40 bits per heavy atom. The van der Waals surface area contributed by atoms with Gasteiger partial charge in [-0.2, -0.15) is 0 Å². The predicted octanol–water partition coefficient (Wildman–Crippen LogP) is 2.92. The summed E-state index contributed by atoms with van der Waals surface area (Å²) in [6.07, 6.45) is 6.40. The molecule has 0 radical (unpaired) electrons. The van der Waals surface area contributed by atoms with Crippen molar-refractivity contribution in [1.29, 1.82) is 0 Å². The summed E-state index contributed by atoms with van der Waals surface area (Å²) in [6, 6.07) is 8.32. The van der Waals surface area contributed by atoms with Crippen LogP contribution in [0.25, 0.3) is 0 Å². The third-order valence-corrected chi connectivity index (χ3v) is 5.93. The minimum Gasteiger partial charge on any atom is -0.497 e. The first kappa shape index (κ1) is 18.1. The number of amides is 2. The zero-order valence-electron chi connectivity index (χ0n) is 15.2. The van der Waals surface area contributed by atoms with Gasteiger partial charge in [-0.25, -0.2) is 4.79 Å². The van der Waals surface area contributed by atoms with Crippen LogP contribution in [0.3, 0.4) is 0 Å². The van der Waals surface area contributed by atoms with E-state index in [1.165, 1.54) is 18.4 Å². The maximum Gasteiger partial charge on any atom is 0.317 e. The topological polar surface area (TPSA) is 61.8 Å². The maximum atomic E-state index is 12.6. The molecule has 3 rings (SSSR count). The molecule has 5 nitrogen and oxygen atoms in total. The predicted molar refractivity (Wildman–Crippen MR) is 97.9 cm³/mol. The van der Waals surface area contributed by atoms with Gasteiger partial charge >= 0.3 is 6.03 Å². The molecular formula is C20H30N2O3. The lowest BCUT2D eigenvalue weighted by Crippen LogP contribution is -2.45. The highest BCUT2D eigenvalue weighted by Gasteiger charge is 2.37. The zero-order chi connectivity index (χ0) is 17.7. The highest BCUT2D eigenvalue weighted by Crippen LogP contribution is 2.41. The number of aliphatic hydroxyl groups excluding tert-OH is 1. The Morgan fingerprint density at radius 3 is 2.92 bits per heavy atom. The summed E-state index contributed by atoms with van der Waals surface area (Å²) in [5, 5.41) is 12.3. The van der Waals surface area contributed by atoms with Gasteiger partial charge in [0.15, 0.2) is 0 Å². The van der Waals surface area contributed by atoms with Crippen LogP contribution in [0.4, 0.5) is 4.79 Å². The Bertz CT molecular complexity index is 584. The molecule has 138 valence electrons. The summed E-state index contributed by atoms with van der Waals surface area (Å²) in [5.74, 6) is 1.32. The molecule has 1 aromatic carbocycles. The number of rotatable bonds is 6. The molecule has 1 atom stereocenters. The number of ether oxygens (including phenoxy) is 1. The molecule has 0 bridgehead atoms. The second-order valence-corrected chi connectivity index (χ2v) is 7.49.